The predicted molar refractivity (Wildman–Crippen MR) is 92.9 cm³/mol. The fourth-order valence-electron chi connectivity index (χ4n) is 2.58. The van der Waals surface area contributed by atoms with Crippen molar-refractivity contribution < 1.29 is 0 Å². The van der Waals surface area contributed by atoms with Crippen LogP contribution in [0.4, 0.5) is 0 Å². The number of hydrogen-bond acceptors (Lipinski definition) is 2. The molecule has 3 heteroatoms. The second-order valence-electron chi connectivity index (χ2n) is 5.90. The van der Waals surface area contributed by atoms with Crippen molar-refractivity contribution in [1.82, 2.24) is 5.43 Å². The Hall–Kier alpha value is -1.16. The molecule has 0 bridgehead atoms. The third kappa shape index (κ3) is 4.95. The van der Waals surface area contributed by atoms with Gasteiger partial charge in [0, 0.05) is 10.5 Å². The lowest BCUT2D eigenvalue weighted by molar-refractivity contribution is 0.550. The van der Waals surface area contributed by atoms with E-state index in [2.05, 4.69) is 77.7 Å². The number of benzene rings is 2. The van der Waals surface area contributed by atoms with Crippen molar-refractivity contribution in [2.45, 2.75) is 32.7 Å². The number of rotatable bonds is 6. The van der Waals surface area contributed by atoms with Crippen LogP contribution in [-0.2, 0) is 12.8 Å². The molecule has 0 fully saturated rings. The standard InChI is InChI=1S/C18H23BrN2/c1-13(2)9-14-5-3-7-16(10-14)18(21-20)12-15-6-4-8-17(19)11-15/h3-8,10-11,13,18,21H,9,12,20H2,1-2H3. The number of nitrogens with two attached hydrogens (primary N) is 1. The van der Waals surface area contributed by atoms with Gasteiger partial charge in [-0.3, -0.25) is 11.3 Å². The molecule has 1 atom stereocenters. The Balaban J connectivity index is 2.17. The third-order valence-electron chi connectivity index (χ3n) is 3.53. The first-order valence-corrected chi connectivity index (χ1v) is 8.17. The molecule has 1 unspecified atom stereocenters. The molecule has 21 heavy (non-hydrogen) atoms. The van der Waals surface area contributed by atoms with E-state index in [1.807, 2.05) is 6.07 Å². The minimum Gasteiger partial charge on any atom is -0.271 e. The fourth-order valence-corrected chi connectivity index (χ4v) is 3.03. The average molecular weight is 347 g/mol. The Bertz CT molecular complexity index is 581. The summed E-state index contributed by atoms with van der Waals surface area (Å²) in [5.74, 6) is 6.44. The van der Waals surface area contributed by atoms with Crippen LogP contribution in [0.5, 0.6) is 0 Å². The Kier molecular flexibility index (Phi) is 5.97. The van der Waals surface area contributed by atoms with Crippen LogP contribution in [0.15, 0.2) is 53.0 Å². The van der Waals surface area contributed by atoms with Crippen molar-refractivity contribution in [3.05, 3.63) is 69.7 Å². The van der Waals surface area contributed by atoms with Crippen LogP contribution in [-0.4, -0.2) is 0 Å². The van der Waals surface area contributed by atoms with E-state index >= 15 is 0 Å². The van der Waals surface area contributed by atoms with E-state index in [0.717, 1.165) is 17.3 Å². The van der Waals surface area contributed by atoms with Gasteiger partial charge in [0.15, 0.2) is 0 Å². The van der Waals surface area contributed by atoms with Gasteiger partial charge in [0.1, 0.15) is 0 Å². The zero-order valence-corrected chi connectivity index (χ0v) is 14.2. The number of hydrogen-bond donors (Lipinski definition) is 2. The van der Waals surface area contributed by atoms with Gasteiger partial charge < -0.3 is 0 Å². The maximum atomic E-state index is 5.78. The van der Waals surface area contributed by atoms with E-state index in [4.69, 9.17) is 5.84 Å². The van der Waals surface area contributed by atoms with Crippen LogP contribution >= 0.6 is 15.9 Å². The van der Waals surface area contributed by atoms with Crippen molar-refractivity contribution in [2.75, 3.05) is 0 Å². The lowest BCUT2D eigenvalue weighted by atomic mass is 9.95. The van der Waals surface area contributed by atoms with Gasteiger partial charge >= 0.3 is 0 Å². The zero-order valence-electron chi connectivity index (χ0n) is 12.6. The summed E-state index contributed by atoms with van der Waals surface area (Å²) in [5, 5.41) is 0. The highest BCUT2D eigenvalue weighted by Gasteiger charge is 2.11. The highest BCUT2D eigenvalue weighted by molar-refractivity contribution is 9.10. The third-order valence-corrected chi connectivity index (χ3v) is 4.02. The quantitative estimate of drug-likeness (QED) is 0.601. The molecular weight excluding hydrogens is 324 g/mol. The van der Waals surface area contributed by atoms with Gasteiger partial charge in [0.05, 0.1) is 0 Å². The van der Waals surface area contributed by atoms with Gasteiger partial charge in [0.25, 0.3) is 0 Å². The lowest BCUT2D eigenvalue weighted by Gasteiger charge is -2.18. The van der Waals surface area contributed by atoms with E-state index in [1.54, 1.807) is 0 Å². The number of nitrogens with one attached hydrogen (secondary N) is 1. The zero-order chi connectivity index (χ0) is 15.2. The summed E-state index contributed by atoms with van der Waals surface area (Å²) in [6.07, 6.45) is 1.98. The molecule has 2 nitrogen and oxygen atoms in total. The molecule has 0 spiro atoms. The van der Waals surface area contributed by atoms with E-state index in [0.29, 0.717) is 5.92 Å². The second-order valence-corrected chi connectivity index (χ2v) is 6.81. The molecular formula is C18H23BrN2. The summed E-state index contributed by atoms with van der Waals surface area (Å²) in [7, 11) is 0. The average Bonchev–Trinajstić information content (AvgIpc) is 2.44. The summed E-state index contributed by atoms with van der Waals surface area (Å²) in [6, 6.07) is 17.2. The summed E-state index contributed by atoms with van der Waals surface area (Å²) < 4.78 is 1.10. The predicted octanol–water partition coefficient (Wildman–Crippen LogP) is 4.39. The SMILES string of the molecule is CC(C)Cc1cccc(C(Cc2cccc(Br)c2)NN)c1. The lowest BCUT2D eigenvalue weighted by Crippen LogP contribution is -2.29. The molecule has 2 aromatic carbocycles. The molecule has 112 valence electrons. The maximum absolute atomic E-state index is 5.78. The van der Waals surface area contributed by atoms with Crippen LogP contribution in [0, 0.1) is 5.92 Å². The smallest absolute Gasteiger partial charge is 0.0500 e. The Morgan fingerprint density at radius 3 is 2.29 bits per heavy atom. The van der Waals surface area contributed by atoms with Gasteiger partial charge in [-0.05, 0) is 47.6 Å². The van der Waals surface area contributed by atoms with E-state index in [-0.39, 0.29) is 6.04 Å². The summed E-state index contributed by atoms with van der Waals surface area (Å²) >= 11 is 3.52. The molecule has 0 aliphatic rings. The molecule has 0 saturated heterocycles. The molecule has 0 radical (unpaired) electrons. The Morgan fingerprint density at radius 2 is 1.67 bits per heavy atom. The molecule has 0 aliphatic carbocycles. The monoisotopic (exact) mass is 346 g/mol. The molecule has 0 aromatic heterocycles. The highest BCUT2D eigenvalue weighted by Crippen LogP contribution is 2.22. The molecule has 2 aromatic rings. The first-order chi connectivity index (χ1) is 10.1. The van der Waals surface area contributed by atoms with Gasteiger partial charge in [-0.1, -0.05) is 66.2 Å². The van der Waals surface area contributed by atoms with Crippen LogP contribution < -0.4 is 11.3 Å². The molecule has 0 heterocycles. The van der Waals surface area contributed by atoms with Crippen molar-refractivity contribution in [3.63, 3.8) is 0 Å². The molecule has 2 rings (SSSR count). The fraction of sp³-hybridized carbons (Fsp3) is 0.333. The van der Waals surface area contributed by atoms with E-state index in [1.165, 1.54) is 16.7 Å². The van der Waals surface area contributed by atoms with Gasteiger partial charge in [0.2, 0.25) is 0 Å². The van der Waals surface area contributed by atoms with E-state index < -0.39 is 0 Å². The van der Waals surface area contributed by atoms with Crippen LogP contribution in [0.3, 0.4) is 0 Å². The van der Waals surface area contributed by atoms with Crippen LogP contribution in [0.25, 0.3) is 0 Å². The van der Waals surface area contributed by atoms with E-state index in [9.17, 15) is 0 Å². The van der Waals surface area contributed by atoms with Crippen LogP contribution in [0.2, 0.25) is 0 Å². The van der Waals surface area contributed by atoms with Crippen molar-refractivity contribution in [2.24, 2.45) is 11.8 Å². The first kappa shape index (κ1) is 16.2. The summed E-state index contributed by atoms with van der Waals surface area (Å²) in [4.78, 5) is 0. The minimum absolute atomic E-state index is 0.131. The summed E-state index contributed by atoms with van der Waals surface area (Å²) in [5.41, 5.74) is 6.84. The molecule has 0 aliphatic heterocycles. The first-order valence-electron chi connectivity index (χ1n) is 7.38. The van der Waals surface area contributed by atoms with Crippen molar-refractivity contribution in [3.8, 4) is 0 Å². The largest absolute Gasteiger partial charge is 0.271 e. The summed E-state index contributed by atoms with van der Waals surface area (Å²) in [6.45, 7) is 4.49. The van der Waals surface area contributed by atoms with Gasteiger partial charge in [-0.2, -0.15) is 0 Å². The molecule has 3 N–H and O–H groups in total. The van der Waals surface area contributed by atoms with Gasteiger partial charge in [-0.25, -0.2) is 0 Å². The van der Waals surface area contributed by atoms with Crippen molar-refractivity contribution >= 4 is 15.9 Å². The van der Waals surface area contributed by atoms with Crippen molar-refractivity contribution in [1.29, 1.82) is 0 Å². The Morgan fingerprint density at radius 1 is 1.00 bits per heavy atom. The normalized spacial score (nSPS) is 12.6. The van der Waals surface area contributed by atoms with Crippen LogP contribution in [0.1, 0.15) is 36.6 Å². The molecule has 0 saturated carbocycles. The minimum atomic E-state index is 0.131. The maximum Gasteiger partial charge on any atom is 0.0500 e. The molecule has 0 amide bonds. The Labute approximate surface area is 135 Å². The number of halogens is 1. The van der Waals surface area contributed by atoms with Gasteiger partial charge in [-0.15, -0.1) is 0 Å². The number of hydrazine groups is 1. The topological polar surface area (TPSA) is 38.0 Å². The highest BCUT2D eigenvalue weighted by atomic mass is 79.9. The second kappa shape index (κ2) is 7.74.